The fraction of sp³-hybridized carbons (Fsp3) is 0.238. The predicted molar refractivity (Wildman–Crippen MR) is 106 cm³/mol. The van der Waals surface area contributed by atoms with E-state index in [1.165, 1.54) is 0 Å². The molecule has 7 heteroatoms. The van der Waals surface area contributed by atoms with Crippen LogP contribution in [0.25, 0.3) is 5.52 Å². The van der Waals surface area contributed by atoms with Crippen LogP contribution in [0.5, 0.6) is 0 Å². The number of hydrogen-bond acceptors (Lipinski definition) is 4. The molecular weight excluding hydrogens is 354 g/mol. The summed E-state index contributed by atoms with van der Waals surface area (Å²) in [6.07, 6.45) is 4.72. The Kier molecular flexibility index (Phi) is 6.02. The molecule has 0 spiro atoms. The van der Waals surface area contributed by atoms with Gasteiger partial charge in [0.1, 0.15) is 0 Å². The van der Waals surface area contributed by atoms with Crippen molar-refractivity contribution in [3.63, 3.8) is 0 Å². The van der Waals surface area contributed by atoms with Gasteiger partial charge in [0, 0.05) is 18.4 Å². The van der Waals surface area contributed by atoms with E-state index in [0.29, 0.717) is 23.3 Å². The number of amides is 2. The van der Waals surface area contributed by atoms with Crippen LogP contribution in [0.15, 0.2) is 48.7 Å². The van der Waals surface area contributed by atoms with Crippen LogP contribution in [0.2, 0.25) is 0 Å². The van der Waals surface area contributed by atoms with Crippen LogP contribution in [0.3, 0.4) is 0 Å². The van der Waals surface area contributed by atoms with Crippen molar-refractivity contribution in [1.82, 2.24) is 14.7 Å². The average molecular weight is 375 g/mol. The van der Waals surface area contributed by atoms with E-state index in [9.17, 15) is 9.59 Å². The maximum absolute atomic E-state index is 12.7. The molecule has 0 bridgehead atoms. The van der Waals surface area contributed by atoms with Gasteiger partial charge in [-0.3, -0.25) is 14.0 Å². The summed E-state index contributed by atoms with van der Waals surface area (Å²) in [7, 11) is 0. The van der Waals surface area contributed by atoms with E-state index >= 15 is 0 Å². The second-order valence-corrected chi connectivity index (χ2v) is 6.35. The minimum atomic E-state index is -0.418. The number of rotatable bonds is 7. The summed E-state index contributed by atoms with van der Waals surface area (Å²) in [5.41, 5.74) is 1.77. The highest BCUT2D eigenvalue weighted by Crippen LogP contribution is 2.16. The van der Waals surface area contributed by atoms with E-state index in [-0.39, 0.29) is 17.4 Å². The van der Waals surface area contributed by atoms with Crippen molar-refractivity contribution in [2.45, 2.75) is 26.2 Å². The quantitative estimate of drug-likeness (QED) is 0.618. The molecule has 0 unspecified atom stereocenters. The molecule has 0 atom stereocenters. The topological polar surface area (TPSA) is 99.3 Å². The lowest BCUT2D eigenvalue weighted by molar-refractivity contribution is 0.0942. The maximum Gasteiger partial charge on any atom is 0.287 e. The largest absolute Gasteiger partial charge is 0.349 e. The molecule has 0 saturated heterocycles. The number of pyridine rings is 1. The third-order valence-electron chi connectivity index (χ3n) is 4.30. The molecule has 3 aromatic rings. The first kappa shape index (κ1) is 19.1. The SMILES string of the molecule is CCCCCNC(=O)c1nc(C(=O)Nc2ccc(C#N)cc2)c2ccccn12. The Labute approximate surface area is 163 Å². The van der Waals surface area contributed by atoms with Crippen molar-refractivity contribution in [3.05, 3.63) is 65.7 Å². The lowest BCUT2D eigenvalue weighted by Gasteiger charge is -2.03. The average Bonchev–Trinajstić information content (AvgIpc) is 3.11. The van der Waals surface area contributed by atoms with Crippen molar-refractivity contribution < 1.29 is 9.59 Å². The molecule has 2 aromatic heterocycles. The second-order valence-electron chi connectivity index (χ2n) is 6.35. The van der Waals surface area contributed by atoms with E-state index in [2.05, 4.69) is 22.5 Å². The zero-order valence-electron chi connectivity index (χ0n) is 15.6. The molecule has 7 nitrogen and oxygen atoms in total. The van der Waals surface area contributed by atoms with Gasteiger partial charge in [0.25, 0.3) is 11.8 Å². The molecule has 28 heavy (non-hydrogen) atoms. The number of hydrogen-bond donors (Lipinski definition) is 2. The van der Waals surface area contributed by atoms with Crippen molar-refractivity contribution in [3.8, 4) is 6.07 Å². The lowest BCUT2D eigenvalue weighted by Crippen LogP contribution is -2.26. The monoisotopic (exact) mass is 375 g/mol. The summed E-state index contributed by atoms with van der Waals surface area (Å²) in [5, 5.41) is 14.5. The lowest BCUT2D eigenvalue weighted by atomic mass is 10.2. The van der Waals surface area contributed by atoms with Gasteiger partial charge in [-0.15, -0.1) is 0 Å². The van der Waals surface area contributed by atoms with E-state index in [1.54, 1.807) is 53.1 Å². The molecule has 0 fully saturated rings. The molecule has 2 N–H and O–H groups in total. The fourth-order valence-corrected chi connectivity index (χ4v) is 2.84. The summed E-state index contributed by atoms with van der Waals surface area (Å²) in [6, 6.07) is 13.9. The van der Waals surface area contributed by atoms with Gasteiger partial charge in [-0.25, -0.2) is 4.98 Å². The van der Waals surface area contributed by atoms with Gasteiger partial charge in [0.2, 0.25) is 5.82 Å². The van der Waals surface area contributed by atoms with Gasteiger partial charge in [0.15, 0.2) is 5.69 Å². The van der Waals surface area contributed by atoms with Crippen LogP contribution in [0.4, 0.5) is 5.69 Å². The van der Waals surface area contributed by atoms with Gasteiger partial charge < -0.3 is 10.6 Å². The van der Waals surface area contributed by atoms with E-state index in [4.69, 9.17) is 5.26 Å². The first-order valence-corrected chi connectivity index (χ1v) is 9.21. The van der Waals surface area contributed by atoms with Gasteiger partial charge in [-0.05, 0) is 42.8 Å². The second kappa shape index (κ2) is 8.82. The molecule has 0 saturated carbocycles. The number of carbonyl (C=O) groups excluding carboxylic acids is 2. The van der Waals surface area contributed by atoms with E-state index in [0.717, 1.165) is 19.3 Å². The molecule has 2 heterocycles. The van der Waals surface area contributed by atoms with E-state index in [1.807, 2.05) is 6.07 Å². The molecule has 0 radical (unpaired) electrons. The number of nitrogens with zero attached hydrogens (tertiary/aromatic N) is 3. The Morgan fingerprint density at radius 1 is 1.11 bits per heavy atom. The Bertz CT molecular complexity index is 1030. The molecular formula is C21H21N5O2. The summed E-state index contributed by atoms with van der Waals surface area (Å²) in [4.78, 5) is 29.6. The number of nitrogens with one attached hydrogen (secondary N) is 2. The minimum Gasteiger partial charge on any atom is -0.349 e. The van der Waals surface area contributed by atoms with Crippen molar-refractivity contribution >= 4 is 23.0 Å². The van der Waals surface area contributed by atoms with E-state index < -0.39 is 5.91 Å². The van der Waals surface area contributed by atoms with Crippen LogP contribution >= 0.6 is 0 Å². The van der Waals surface area contributed by atoms with Gasteiger partial charge in [0.05, 0.1) is 17.1 Å². The van der Waals surface area contributed by atoms with Gasteiger partial charge in [-0.2, -0.15) is 5.26 Å². The van der Waals surface area contributed by atoms with Crippen LogP contribution in [0, 0.1) is 11.3 Å². The number of unbranched alkanes of at least 4 members (excludes halogenated alkanes) is 2. The molecule has 0 aliphatic carbocycles. The molecule has 2 amide bonds. The van der Waals surface area contributed by atoms with Gasteiger partial charge >= 0.3 is 0 Å². The summed E-state index contributed by atoms with van der Waals surface area (Å²) in [5.74, 6) is -0.551. The molecule has 0 aliphatic heterocycles. The number of fused-ring (bicyclic) bond motifs is 1. The number of benzene rings is 1. The van der Waals surface area contributed by atoms with Gasteiger partial charge in [-0.1, -0.05) is 25.8 Å². The Hall–Kier alpha value is -3.66. The summed E-state index contributed by atoms with van der Waals surface area (Å²) < 4.78 is 1.61. The minimum absolute atomic E-state index is 0.170. The van der Waals surface area contributed by atoms with Crippen LogP contribution in [-0.2, 0) is 0 Å². The number of anilines is 1. The number of aromatic nitrogens is 2. The third-order valence-corrected chi connectivity index (χ3v) is 4.30. The first-order chi connectivity index (χ1) is 13.6. The van der Waals surface area contributed by atoms with Crippen LogP contribution in [0.1, 0.15) is 52.9 Å². The Balaban J connectivity index is 1.83. The standard InChI is InChI=1S/C21H21N5O2/c1-2-3-5-12-23-21(28)19-25-18(17-7-4-6-13-26(17)19)20(27)24-16-10-8-15(14-22)9-11-16/h4,6-11,13H,2-3,5,12H2,1H3,(H,23,28)(H,24,27). The fourth-order valence-electron chi connectivity index (χ4n) is 2.84. The smallest absolute Gasteiger partial charge is 0.287 e. The molecule has 0 aliphatic rings. The zero-order valence-corrected chi connectivity index (χ0v) is 15.6. The summed E-state index contributed by atoms with van der Waals surface area (Å²) in [6.45, 7) is 2.67. The molecule has 142 valence electrons. The zero-order chi connectivity index (χ0) is 19.9. The highest BCUT2D eigenvalue weighted by Gasteiger charge is 2.21. The Morgan fingerprint density at radius 3 is 2.61 bits per heavy atom. The number of imidazole rings is 1. The maximum atomic E-state index is 12.7. The van der Waals surface area contributed by atoms with Crippen LogP contribution in [-0.4, -0.2) is 27.7 Å². The predicted octanol–water partition coefficient (Wildman–Crippen LogP) is 3.38. The van der Waals surface area contributed by atoms with Crippen molar-refractivity contribution in [2.24, 2.45) is 0 Å². The highest BCUT2D eigenvalue weighted by atomic mass is 16.2. The molecule has 3 rings (SSSR count). The van der Waals surface area contributed by atoms with Crippen molar-refractivity contribution in [2.75, 3.05) is 11.9 Å². The first-order valence-electron chi connectivity index (χ1n) is 9.21. The molecule has 1 aromatic carbocycles. The normalized spacial score (nSPS) is 10.4. The third kappa shape index (κ3) is 4.18. The summed E-state index contributed by atoms with van der Waals surface area (Å²) >= 11 is 0. The number of nitriles is 1. The van der Waals surface area contributed by atoms with Crippen molar-refractivity contribution in [1.29, 1.82) is 5.26 Å². The van der Waals surface area contributed by atoms with Crippen LogP contribution < -0.4 is 10.6 Å². The highest BCUT2D eigenvalue weighted by molar-refractivity contribution is 6.08. The number of carbonyl (C=O) groups is 2. The Morgan fingerprint density at radius 2 is 1.89 bits per heavy atom.